The second kappa shape index (κ2) is 5.25. The topological polar surface area (TPSA) is 43.8 Å². The lowest BCUT2D eigenvalue weighted by Gasteiger charge is -2.06. The molecule has 17 heavy (non-hydrogen) atoms. The van der Waals surface area contributed by atoms with Gasteiger partial charge in [0.25, 0.3) is 0 Å². The number of aromatic nitrogens is 2. The molecule has 0 saturated heterocycles. The summed E-state index contributed by atoms with van der Waals surface area (Å²) in [5.41, 5.74) is 7.90. The number of hydrogen-bond acceptors (Lipinski definition) is 3. The maximum Gasteiger partial charge on any atom is 0.103 e. The van der Waals surface area contributed by atoms with Crippen LogP contribution in [-0.4, -0.2) is 9.78 Å². The SMILES string of the molecule is Cc1nn(C)c(Sc2ccccc2Br)c1CN. The van der Waals surface area contributed by atoms with Gasteiger partial charge < -0.3 is 5.73 Å². The molecule has 2 aromatic rings. The Labute approximate surface area is 114 Å². The van der Waals surface area contributed by atoms with Crippen molar-refractivity contribution in [2.45, 2.75) is 23.4 Å². The first-order valence-electron chi connectivity index (χ1n) is 5.28. The monoisotopic (exact) mass is 311 g/mol. The van der Waals surface area contributed by atoms with E-state index < -0.39 is 0 Å². The number of halogens is 1. The molecule has 0 spiro atoms. The molecule has 0 unspecified atom stereocenters. The van der Waals surface area contributed by atoms with Crippen molar-refractivity contribution in [3.8, 4) is 0 Å². The first-order chi connectivity index (χ1) is 8.13. The van der Waals surface area contributed by atoms with Gasteiger partial charge in [-0.05, 0) is 35.0 Å². The summed E-state index contributed by atoms with van der Waals surface area (Å²) in [6.45, 7) is 2.51. The highest BCUT2D eigenvalue weighted by molar-refractivity contribution is 9.10. The van der Waals surface area contributed by atoms with E-state index in [1.165, 1.54) is 4.90 Å². The molecule has 0 aliphatic heterocycles. The highest BCUT2D eigenvalue weighted by atomic mass is 79.9. The molecule has 90 valence electrons. The van der Waals surface area contributed by atoms with Crippen molar-refractivity contribution in [2.24, 2.45) is 12.8 Å². The minimum absolute atomic E-state index is 0.520. The lowest BCUT2D eigenvalue weighted by Crippen LogP contribution is -1.99. The van der Waals surface area contributed by atoms with Crippen LogP contribution in [0.1, 0.15) is 11.3 Å². The molecule has 1 aromatic heterocycles. The highest BCUT2D eigenvalue weighted by Gasteiger charge is 2.14. The van der Waals surface area contributed by atoms with Crippen LogP contribution in [0.15, 0.2) is 38.7 Å². The van der Waals surface area contributed by atoms with Gasteiger partial charge in [-0.2, -0.15) is 5.10 Å². The van der Waals surface area contributed by atoms with Gasteiger partial charge in [0.15, 0.2) is 0 Å². The Morgan fingerprint density at radius 3 is 2.76 bits per heavy atom. The van der Waals surface area contributed by atoms with Gasteiger partial charge in [0.05, 0.1) is 5.69 Å². The van der Waals surface area contributed by atoms with E-state index >= 15 is 0 Å². The molecule has 0 radical (unpaired) electrons. The normalized spacial score (nSPS) is 10.8. The summed E-state index contributed by atoms with van der Waals surface area (Å²) in [5.74, 6) is 0. The molecule has 0 bridgehead atoms. The zero-order valence-corrected chi connectivity index (χ0v) is 12.2. The van der Waals surface area contributed by atoms with Gasteiger partial charge in [-0.1, -0.05) is 23.9 Å². The Bertz CT molecular complexity index is 537. The van der Waals surface area contributed by atoms with Crippen LogP contribution >= 0.6 is 27.7 Å². The third kappa shape index (κ3) is 2.56. The maximum atomic E-state index is 5.78. The lowest BCUT2D eigenvalue weighted by atomic mass is 10.3. The van der Waals surface area contributed by atoms with E-state index in [4.69, 9.17) is 5.73 Å². The summed E-state index contributed by atoms with van der Waals surface area (Å²) in [6.07, 6.45) is 0. The van der Waals surface area contributed by atoms with Crippen LogP contribution < -0.4 is 5.73 Å². The Morgan fingerprint density at radius 2 is 2.12 bits per heavy atom. The minimum atomic E-state index is 0.520. The molecular weight excluding hydrogens is 298 g/mol. The van der Waals surface area contributed by atoms with E-state index in [1.54, 1.807) is 11.8 Å². The Morgan fingerprint density at radius 1 is 1.41 bits per heavy atom. The minimum Gasteiger partial charge on any atom is -0.326 e. The molecule has 0 saturated carbocycles. The molecule has 1 aromatic carbocycles. The molecular formula is C12H14BrN3S. The van der Waals surface area contributed by atoms with Crippen LogP contribution in [0.25, 0.3) is 0 Å². The fourth-order valence-corrected chi connectivity index (χ4v) is 3.25. The molecule has 0 amide bonds. The standard InChI is InChI=1S/C12H14BrN3S/c1-8-9(7-14)12(16(2)15-8)17-11-6-4-3-5-10(11)13/h3-6H,7,14H2,1-2H3. The quantitative estimate of drug-likeness (QED) is 0.947. The molecule has 2 N–H and O–H groups in total. The van der Waals surface area contributed by atoms with Crippen molar-refractivity contribution in [3.05, 3.63) is 40.0 Å². The molecule has 3 nitrogen and oxygen atoms in total. The fraction of sp³-hybridized carbons (Fsp3) is 0.250. The fourth-order valence-electron chi connectivity index (χ4n) is 1.68. The Kier molecular flexibility index (Phi) is 3.91. The number of aryl methyl sites for hydroxylation is 2. The molecule has 0 aliphatic carbocycles. The average molecular weight is 312 g/mol. The first kappa shape index (κ1) is 12.7. The summed E-state index contributed by atoms with van der Waals surface area (Å²) < 4.78 is 2.98. The molecule has 2 rings (SSSR count). The van der Waals surface area contributed by atoms with Gasteiger partial charge in [-0.15, -0.1) is 0 Å². The van der Waals surface area contributed by atoms with Crippen molar-refractivity contribution in [2.75, 3.05) is 0 Å². The smallest absolute Gasteiger partial charge is 0.103 e. The predicted molar refractivity (Wildman–Crippen MR) is 74.1 cm³/mol. The second-order valence-corrected chi connectivity index (χ2v) is 5.61. The van der Waals surface area contributed by atoms with Crippen LogP contribution in [0, 0.1) is 6.92 Å². The number of rotatable bonds is 3. The second-order valence-electron chi connectivity index (χ2n) is 3.73. The van der Waals surface area contributed by atoms with E-state index in [9.17, 15) is 0 Å². The van der Waals surface area contributed by atoms with Crippen molar-refractivity contribution >= 4 is 27.7 Å². The van der Waals surface area contributed by atoms with Gasteiger partial charge >= 0.3 is 0 Å². The number of hydrogen-bond donors (Lipinski definition) is 1. The van der Waals surface area contributed by atoms with Crippen LogP contribution in [0.2, 0.25) is 0 Å². The molecule has 0 aliphatic rings. The Hall–Kier alpha value is -0.780. The van der Waals surface area contributed by atoms with E-state index in [-0.39, 0.29) is 0 Å². The largest absolute Gasteiger partial charge is 0.326 e. The lowest BCUT2D eigenvalue weighted by molar-refractivity contribution is 0.688. The van der Waals surface area contributed by atoms with Crippen LogP contribution in [0.3, 0.4) is 0 Å². The average Bonchev–Trinajstić information content (AvgIpc) is 2.56. The third-order valence-corrected chi connectivity index (χ3v) is 4.77. The van der Waals surface area contributed by atoms with E-state index in [2.05, 4.69) is 27.1 Å². The highest BCUT2D eigenvalue weighted by Crippen LogP contribution is 2.35. The van der Waals surface area contributed by atoms with Crippen molar-refractivity contribution in [1.82, 2.24) is 9.78 Å². The zero-order valence-electron chi connectivity index (χ0n) is 9.77. The van der Waals surface area contributed by atoms with Crippen molar-refractivity contribution in [3.63, 3.8) is 0 Å². The van der Waals surface area contributed by atoms with E-state index in [0.29, 0.717) is 6.54 Å². The number of nitrogens with zero attached hydrogens (tertiary/aromatic N) is 2. The number of nitrogens with two attached hydrogens (primary N) is 1. The van der Waals surface area contributed by atoms with Gasteiger partial charge in [0.1, 0.15) is 5.03 Å². The summed E-state index contributed by atoms with van der Waals surface area (Å²) >= 11 is 5.24. The van der Waals surface area contributed by atoms with Gasteiger partial charge in [0, 0.05) is 28.5 Å². The van der Waals surface area contributed by atoms with Crippen LogP contribution in [0.5, 0.6) is 0 Å². The van der Waals surface area contributed by atoms with Crippen LogP contribution in [-0.2, 0) is 13.6 Å². The van der Waals surface area contributed by atoms with Crippen molar-refractivity contribution in [1.29, 1.82) is 0 Å². The van der Waals surface area contributed by atoms with Gasteiger partial charge in [0.2, 0.25) is 0 Å². The summed E-state index contributed by atoms with van der Waals surface area (Å²) in [4.78, 5) is 1.17. The number of benzene rings is 1. The summed E-state index contributed by atoms with van der Waals surface area (Å²) in [7, 11) is 1.95. The summed E-state index contributed by atoms with van der Waals surface area (Å²) in [6, 6.07) is 8.15. The molecule has 0 atom stereocenters. The van der Waals surface area contributed by atoms with Gasteiger partial charge in [-0.3, -0.25) is 4.68 Å². The van der Waals surface area contributed by atoms with E-state index in [1.807, 2.05) is 36.9 Å². The van der Waals surface area contributed by atoms with Gasteiger partial charge in [-0.25, -0.2) is 0 Å². The first-order valence-corrected chi connectivity index (χ1v) is 6.89. The zero-order chi connectivity index (χ0) is 12.4. The molecule has 0 fully saturated rings. The third-order valence-electron chi connectivity index (χ3n) is 2.54. The predicted octanol–water partition coefficient (Wildman–Crippen LogP) is 3.10. The van der Waals surface area contributed by atoms with Crippen molar-refractivity contribution < 1.29 is 0 Å². The Balaban J connectivity index is 2.40. The maximum absolute atomic E-state index is 5.78. The molecule has 5 heteroatoms. The molecule has 1 heterocycles. The summed E-state index contributed by atoms with van der Waals surface area (Å²) in [5, 5.41) is 5.52. The van der Waals surface area contributed by atoms with E-state index in [0.717, 1.165) is 20.8 Å². The van der Waals surface area contributed by atoms with Crippen LogP contribution in [0.4, 0.5) is 0 Å².